The van der Waals surface area contributed by atoms with E-state index in [1.807, 2.05) is 0 Å². The van der Waals surface area contributed by atoms with E-state index >= 15 is 0 Å². The average molecular weight is 287 g/mol. The Morgan fingerprint density at radius 3 is 1.87 bits per heavy atom. The third-order valence-corrected chi connectivity index (χ3v) is 7.30. The molecule has 0 spiro atoms. The van der Waals surface area contributed by atoms with Crippen molar-refractivity contribution in [3.8, 4) is 0 Å². The number of allylic oxidation sites excluding steroid dienone is 4. The van der Waals surface area contributed by atoms with Gasteiger partial charge in [-0.25, -0.2) is 0 Å². The van der Waals surface area contributed by atoms with E-state index in [0.717, 1.165) is 0 Å². The van der Waals surface area contributed by atoms with Crippen LogP contribution in [0.4, 0.5) is 0 Å². The Hall–Kier alpha value is 0.177. The molecule has 0 N–H and O–H groups in total. The molecule has 15 heavy (non-hydrogen) atoms. The molecule has 0 aromatic rings. The fourth-order valence-corrected chi connectivity index (χ4v) is 6.18. The Morgan fingerprint density at radius 2 is 1.47 bits per heavy atom. The minimum absolute atomic E-state index is 0.644. The molecule has 1 aliphatic carbocycles. The van der Waals surface area contributed by atoms with E-state index in [2.05, 4.69) is 63.3 Å². The van der Waals surface area contributed by atoms with Crippen LogP contribution in [0.1, 0.15) is 27.7 Å². The molecule has 0 saturated heterocycles. The summed E-state index contributed by atoms with van der Waals surface area (Å²) in [5.74, 6) is 1.33. The second kappa shape index (κ2) is 4.21. The molecule has 0 bridgehead atoms. The van der Waals surface area contributed by atoms with Crippen molar-refractivity contribution in [2.24, 2.45) is 11.8 Å². The molecule has 0 saturated carbocycles. The number of hydrogen-bond donors (Lipinski definition) is 0. The van der Waals surface area contributed by atoms with Crippen molar-refractivity contribution in [1.82, 2.24) is 0 Å². The van der Waals surface area contributed by atoms with Crippen LogP contribution in [0.3, 0.4) is 0 Å². The first-order valence-electron chi connectivity index (χ1n) is 5.75. The van der Waals surface area contributed by atoms with E-state index < -0.39 is 8.07 Å². The molecule has 2 heteroatoms. The third kappa shape index (κ3) is 2.31. The molecule has 2 atom stereocenters. The van der Waals surface area contributed by atoms with Crippen LogP contribution in [0.25, 0.3) is 0 Å². The van der Waals surface area contributed by atoms with Gasteiger partial charge in [-0.3, -0.25) is 0 Å². The molecule has 2 unspecified atom stereocenters. The van der Waals surface area contributed by atoms with Crippen LogP contribution in [-0.4, -0.2) is 8.07 Å². The van der Waals surface area contributed by atoms with Gasteiger partial charge in [0.2, 0.25) is 0 Å². The summed E-state index contributed by atoms with van der Waals surface area (Å²) in [6.07, 6.45) is 0. The molecular formula is C13H23BrSi. The average Bonchev–Trinajstić information content (AvgIpc) is 2.09. The topological polar surface area (TPSA) is 0 Å². The van der Waals surface area contributed by atoms with Gasteiger partial charge < -0.3 is 0 Å². The first kappa shape index (κ1) is 13.2. The second-order valence-corrected chi connectivity index (χ2v) is 11.7. The van der Waals surface area contributed by atoms with Crippen molar-refractivity contribution in [3.05, 3.63) is 20.8 Å². The molecule has 0 fully saturated rings. The summed E-state index contributed by atoms with van der Waals surface area (Å²) in [6, 6.07) is 0. The lowest BCUT2D eigenvalue weighted by atomic mass is 9.83. The van der Waals surface area contributed by atoms with Gasteiger partial charge in [-0.05, 0) is 31.3 Å². The maximum Gasteiger partial charge on any atom is 0.0779 e. The van der Waals surface area contributed by atoms with Gasteiger partial charge in [0.25, 0.3) is 0 Å². The third-order valence-electron chi connectivity index (χ3n) is 3.71. The molecule has 0 aromatic carbocycles. The predicted molar refractivity (Wildman–Crippen MR) is 76.0 cm³/mol. The van der Waals surface area contributed by atoms with E-state index in [-0.39, 0.29) is 0 Å². The Bertz CT molecular complexity index is 331. The van der Waals surface area contributed by atoms with Crippen LogP contribution in [-0.2, 0) is 0 Å². The molecule has 0 aliphatic heterocycles. The van der Waals surface area contributed by atoms with Crippen molar-refractivity contribution in [1.29, 1.82) is 0 Å². The van der Waals surface area contributed by atoms with Gasteiger partial charge in [-0.1, -0.05) is 60.2 Å². The van der Waals surface area contributed by atoms with E-state index in [0.29, 0.717) is 11.8 Å². The summed E-state index contributed by atoms with van der Waals surface area (Å²) in [6.45, 7) is 16.6. The Kier molecular flexibility index (Phi) is 3.72. The number of halogens is 1. The van der Waals surface area contributed by atoms with E-state index in [1.165, 1.54) is 10.1 Å². The Morgan fingerprint density at radius 1 is 1.00 bits per heavy atom. The fourth-order valence-electron chi connectivity index (χ4n) is 2.73. The quantitative estimate of drug-likeness (QED) is 0.586. The van der Waals surface area contributed by atoms with Crippen LogP contribution in [0, 0.1) is 11.8 Å². The molecular weight excluding hydrogens is 264 g/mol. The van der Waals surface area contributed by atoms with Gasteiger partial charge in [0.1, 0.15) is 0 Å². The smallest absolute Gasteiger partial charge is 0.0703 e. The zero-order valence-electron chi connectivity index (χ0n) is 11.0. The van der Waals surface area contributed by atoms with Crippen molar-refractivity contribution in [2.75, 3.05) is 0 Å². The lowest BCUT2D eigenvalue weighted by Crippen LogP contribution is -2.31. The van der Waals surface area contributed by atoms with Gasteiger partial charge in [0, 0.05) is 4.48 Å². The zero-order chi connectivity index (χ0) is 12.0. The molecule has 1 rings (SSSR count). The number of rotatable bonds is 1. The molecule has 0 aromatic heterocycles. The summed E-state index contributed by atoms with van der Waals surface area (Å²) in [5, 5.41) is 1.68. The molecule has 0 radical (unpaired) electrons. The van der Waals surface area contributed by atoms with E-state index in [1.54, 1.807) is 10.8 Å². The van der Waals surface area contributed by atoms with Crippen molar-refractivity contribution >= 4 is 24.0 Å². The first-order valence-corrected chi connectivity index (χ1v) is 10.0. The van der Waals surface area contributed by atoms with Crippen LogP contribution < -0.4 is 0 Å². The predicted octanol–water partition coefficient (Wildman–Crippen LogP) is 5.14. The van der Waals surface area contributed by atoms with E-state index in [9.17, 15) is 0 Å². The minimum atomic E-state index is -1.20. The minimum Gasteiger partial charge on any atom is -0.0703 e. The maximum absolute atomic E-state index is 3.79. The van der Waals surface area contributed by atoms with Gasteiger partial charge in [-0.2, -0.15) is 0 Å². The Labute approximate surface area is 104 Å². The molecule has 0 nitrogen and oxygen atoms in total. The highest BCUT2D eigenvalue weighted by molar-refractivity contribution is 9.11. The largest absolute Gasteiger partial charge is 0.0779 e. The Balaban J connectivity index is 3.36. The highest BCUT2D eigenvalue weighted by Crippen LogP contribution is 2.43. The standard InChI is InChI=1S/C13H23BrSi/c1-8-9(2)12(14)11(4)13(10(8)3)15(5,6)7/h8-9H,1-7H3. The maximum atomic E-state index is 3.79. The normalized spacial score (nSPS) is 28.8. The van der Waals surface area contributed by atoms with Crippen molar-refractivity contribution in [3.63, 3.8) is 0 Å². The monoisotopic (exact) mass is 286 g/mol. The second-order valence-electron chi connectivity index (χ2n) is 5.86. The summed E-state index contributed by atoms with van der Waals surface area (Å²) in [5.41, 5.74) is 3.14. The van der Waals surface area contributed by atoms with E-state index in [4.69, 9.17) is 0 Å². The highest BCUT2D eigenvalue weighted by atomic mass is 79.9. The lowest BCUT2D eigenvalue weighted by molar-refractivity contribution is 0.511. The van der Waals surface area contributed by atoms with Gasteiger partial charge >= 0.3 is 0 Å². The summed E-state index contributed by atoms with van der Waals surface area (Å²) in [4.78, 5) is 0. The lowest BCUT2D eigenvalue weighted by Gasteiger charge is -2.36. The first-order chi connectivity index (χ1) is 6.68. The summed E-state index contributed by atoms with van der Waals surface area (Å²) in [7, 11) is -1.20. The summed E-state index contributed by atoms with van der Waals surface area (Å²) < 4.78 is 1.43. The van der Waals surface area contributed by atoms with Crippen molar-refractivity contribution in [2.45, 2.75) is 47.3 Å². The molecule has 0 heterocycles. The SMILES string of the molecule is CC1=C(Br)C(C)C(C)C(C)=C1[Si](C)(C)C. The van der Waals surface area contributed by atoms with Crippen molar-refractivity contribution < 1.29 is 0 Å². The fraction of sp³-hybridized carbons (Fsp3) is 0.692. The van der Waals surface area contributed by atoms with Gasteiger partial charge in [0.15, 0.2) is 0 Å². The molecule has 86 valence electrons. The van der Waals surface area contributed by atoms with Gasteiger partial charge in [-0.15, -0.1) is 0 Å². The van der Waals surface area contributed by atoms with Gasteiger partial charge in [0.05, 0.1) is 8.07 Å². The van der Waals surface area contributed by atoms with Crippen LogP contribution in [0.2, 0.25) is 19.6 Å². The molecule has 0 amide bonds. The highest BCUT2D eigenvalue weighted by Gasteiger charge is 2.32. The van der Waals surface area contributed by atoms with Crippen LogP contribution in [0.15, 0.2) is 20.8 Å². The molecule has 1 aliphatic rings. The summed E-state index contributed by atoms with van der Waals surface area (Å²) >= 11 is 3.79. The van der Waals surface area contributed by atoms with Crippen LogP contribution in [0.5, 0.6) is 0 Å². The number of hydrogen-bond acceptors (Lipinski definition) is 0. The zero-order valence-corrected chi connectivity index (χ0v) is 13.6. The van der Waals surface area contributed by atoms with Crippen LogP contribution >= 0.6 is 15.9 Å².